The molecule has 1 saturated heterocycles. The third kappa shape index (κ3) is 3.64. The Hall–Kier alpha value is -2.63. The van der Waals surface area contributed by atoms with E-state index in [-0.39, 0.29) is 24.1 Å². The second-order valence-electron chi connectivity index (χ2n) is 5.90. The van der Waals surface area contributed by atoms with Crippen LogP contribution in [0.25, 0.3) is 0 Å². The first-order valence-corrected chi connectivity index (χ1v) is 7.79. The van der Waals surface area contributed by atoms with Crippen molar-refractivity contribution in [3.8, 4) is 5.75 Å². The van der Waals surface area contributed by atoms with Crippen LogP contribution in [0.2, 0.25) is 0 Å². The number of anilines is 1. The number of rotatable bonds is 4. The Morgan fingerprint density at radius 3 is 2.79 bits per heavy atom. The van der Waals surface area contributed by atoms with Gasteiger partial charge in [-0.05, 0) is 24.6 Å². The van der Waals surface area contributed by atoms with E-state index in [0.29, 0.717) is 30.8 Å². The van der Waals surface area contributed by atoms with Crippen molar-refractivity contribution in [3.05, 3.63) is 59.7 Å². The van der Waals surface area contributed by atoms with Gasteiger partial charge in [0.2, 0.25) is 5.91 Å². The fourth-order valence-electron chi connectivity index (χ4n) is 2.95. The lowest BCUT2D eigenvalue weighted by atomic mass is 10.1. The van der Waals surface area contributed by atoms with Crippen molar-refractivity contribution >= 4 is 11.6 Å². The van der Waals surface area contributed by atoms with Gasteiger partial charge in [-0.3, -0.25) is 4.79 Å². The predicted molar refractivity (Wildman–Crippen MR) is 86.9 cm³/mol. The minimum absolute atomic E-state index is 0.0914. The number of nitrogens with zero attached hydrogens (tertiary/aromatic N) is 1. The molecule has 4 nitrogen and oxygen atoms in total. The molecule has 0 unspecified atom stereocenters. The molecule has 0 aliphatic carbocycles. The van der Waals surface area contributed by atoms with Crippen molar-refractivity contribution < 1.29 is 18.7 Å². The maximum Gasteiger partial charge on any atom is 0.224 e. The maximum absolute atomic E-state index is 13.8. The van der Waals surface area contributed by atoms with Crippen LogP contribution >= 0.6 is 0 Å². The lowest BCUT2D eigenvalue weighted by Gasteiger charge is -2.19. The van der Waals surface area contributed by atoms with Gasteiger partial charge in [-0.2, -0.15) is 0 Å². The number of amides is 1. The van der Waals surface area contributed by atoms with E-state index < -0.39 is 11.6 Å². The Balaban J connectivity index is 1.58. The molecule has 24 heavy (non-hydrogen) atoms. The zero-order valence-electron chi connectivity index (χ0n) is 13.0. The summed E-state index contributed by atoms with van der Waals surface area (Å²) in [6, 6.07) is 10.1. The van der Waals surface area contributed by atoms with Crippen LogP contribution in [0.3, 0.4) is 0 Å². The minimum Gasteiger partial charge on any atom is -0.508 e. The van der Waals surface area contributed by atoms with Crippen molar-refractivity contribution in [2.75, 3.05) is 18.0 Å². The molecule has 1 amide bonds. The number of phenolic OH excluding ortho intramolecular Hbond substituents is 1. The number of nitrogens with one attached hydrogen (secondary N) is 1. The highest BCUT2D eigenvalue weighted by atomic mass is 19.1. The number of aromatic hydroxyl groups is 1. The molecule has 2 N–H and O–H groups in total. The fraction of sp³-hybridized carbons (Fsp3) is 0.278. The van der Waals surface area contributed by atoms with Crippen molar-refractivity contribution in [3.63, 3.8) is 0 Å². The first kappa shape index (κ1) is 16.2. The number of halogens is 2. The molecule has 0 aromatic heterocycles. The van der Waals surface area contributed by atoms with Gasteiger partial charge in [0.1, 0.15) is 17.4 Å². The van der Waals surface area contributed by atoms with Crippen LogP contribution in [0.1, 0.15) is 12.0 Å². The van der Waals surface area contributed by atoms with E-state index >= 15 is 0 Å². The van der Waals surface area contributed by atoms with Crippen LogP contribution in [0, 0.1) is 11.6 Å². The van der Waals surface area contributed by atoms with Gasteiger partial charge in [-0.1, -0.05) is 18.2 Å². The van der Waals surface area contributed by atoms with Gasteiger partial charge in [-0.15, -0.1) is 0 Å². The summed E-state index contributed by atoms with van der Waals surface area (Å²) in [4.78, 5) is 13.9. The number of para-hydroxylation sites is 1. The van der Waals surface area contributed by atoms with Crippen molar-refractivity contribution in [1.29, 1.82) is 0 Å². The smallest absolute Gasteiger partial charge is 0.224 e. The molecule has 6 heteroatoms. The van der Waals surface area contributed by atoms with Crippen molar-refractivity contribution in [2.24, 2.45) is 0 Å². The molecule has 1 heterocycles. The van der Waals surface area contributed by atoms with Crippen LogP contribution in [0.4, 0.5) is 14.5 Å². The third-order valence-electron chi connectivity index (χ3n) is 4.15. The zero-order valence-corrected chi connectivity index (χ0v) is 13.0. The molecule has 0 saturated carbocycles. The number of carbonyl (C=O) groups excluding carboxylic acids is 1. The molecule has 0 bridgehead atoms. The van der Waals surface area contributed by atoms with E-state index in [9.17, 15) is 18.7 Å². The Morgan fingerprint density at radius 1 is 1.25 bits per heavy atom. The minimum atomic E-state index is -0.608. The number of hydrogen-bond donors (Lipinski definition) is 2. The van der Waals surface area contributed by atoms with Gasteiger partial charge < -0.3 is 15.3 Å². The first-order chi connectivity index (χ1) is 11.5. The first-order valence-electron chi connectivity index (χ1n) is 7.79. The van der Waals surface area contributed by atoms with Crippen LogP contribution in [-0.4, -0.2) is 30.1 Å². The van der Waals surface area contributed by atoms with Crippen molar-refractivity contribution in [2.45, 2.75) is 18.9 Å². The second-order valence-corrected chi connectivity index (χ2v) is 5.90. The van der Waals surface area contributed by atoms with E-state index in [2.05, 4.69) is 5.32 Å². The van der Waals surface area contributed by atoms with E-state index in [1.54, 1.807) is 23.1 Å². The van der Waals surface area contributed by atoms with Gasteiger partial charge in [0.05, 0.1) is 12.1 Å². The highest BCUT2D eigenvalue weighted by Crippen LogP contribution is 2.24. The standard InChI is InChI=1S/C18H18F2N2O2/c19-13-5-6-16(15(20)10-13)22-8-7-14(11-22)21-18(24)9-12-3-1-2-4-17(12)23/h1-6,10,14,23H,7-9,11H2,(H,21,24)/t14-/m0/s1. The fourth-order valence-corrected chi connectivity index (χ4v) is 2.95. The Kier molecular flexibility index (Phi) is 4.64. The van der Waals surface area contributed by atoms with Crippen LogP contribution in [0.15, 0.2) is 42.5 Å². The molecule has 1 aliphatic rings. The van der Waals surface area contributed by atoms with E-state index in [1.807, 2.05) is 0 Å². The number of benzene rings is 2. The molecule has 1 fully saturated rings. The molecule has 0 radical (unpaired) electrons. The normalized spacial score (nSPS) is 17.1. The quantitative estimate of drug-likeness (QED) is 0.905. The molecule has 0 spiro atoms. The SMILES string of the molecule is O=C(Cc1ccccc1O)N[C@H]1CCN(c2ccc(F)cc2F)C1. The van der Waals surface area contributed by atoms with Gasteiger partial charge in [-0.25, -0.2) is 8.78 Å². The summed E-state index contributed by atoms with van der Waals surface area (Å²) in [7, 11) is 0. The summed E-state index contributed by atoms with van der Waals surface area (Å²) in [5, 5.41) is 12.6. The van der Waals surface area contributed by atoms with Crippen LogP contribution in [-0.2, 0) is 11.2 Å². The maximum atomic E-state index is 13.8. The summed E-state index contributed by atoms with van der Waals surface area (Å²) in [6.07, 6.45) is 0.775. The average molecular weight is 332 g/mol. The molecule has 1 atom stereocenters. The number of carbonyl (C=O) groups is 1. The second kappa shape index (κ2) is 6.86. The van der Waals surface area contributed by atoms with E-state index in [4.69, 9.17) is 0 Å². The number of hydrogen-bond acceptors (Lipinski definition) is 3. The largest absolute Gasteiger partial charge is 0.508 e. The Labute approximate surface area is 138 Å². The molecule has 1 aliphatic heterocycles. The number of phenols is 1. The Bertz CT molecular complexity index is 752. The van der Waals surface area contributed by atoms with E-state index in [1.165, 1.54) is 18.2 Å². The summed E-state index contributed by atoms with van der Waals surface area (Å²) < 4.78 is 26.8. The topological polar surface area (TPSA) is 52.6 Å². The van der Waals surface area contributed by atoms with Gasteiger partial charge in [0.15, 0.2) is 0 Å². The lowest BCUT2D eigenvalue weighted by Crippen LogP contribution is -2.38. The predicted octanol–water partition coefficient (Wildman–Crippen LogP) is 2.61. The summed E-state index contributed by atoms with van der Waals surface area (Å²) in [5.41, 5.74) is 0.906. The molecule has 3 rings (SSSR count). The zero-order chi connectivity index (χ0) is 17.1. The highest BCUT2D eigenvalue weighted by molar-refractivity contribution is 5.79. The lowest BCUT2D eigenvalue weighted by molar-refractivity contribution is -0.121. The van der Waals surface area contributed by atoms with E-state index in [0.717, 1.165) is 6.07 Å². The summed E-state index contributed by atoms with van der Waals surface area (Å²) in [5.74, 6) is -1.31. The van der Waals surface area contributed by atoms with Crippen molar-refractivity contribution in [1.82, 2.24) is 5.32 Å². The molecule has 2 aromatic rings. The summed E-state index contributed by atoms with van der Waals surface area (Å²) >= 11 is 0. The third-order valence-corrected chi connectivity index (χ3v) is 4.15. The van der Waals surface area contributed by atoms with Gasteiger partial charge in [0.25, 0.3) is 0 Å². The van der Waals surface area contributed by atoms with Gasteiger partial charge in [0, 0.05) is 30.8 Å². The molecular formula is C18H18F2N2O2. The highest BCUT2D eigenvalue weighted by Gasteiger charge is 2.26. The monoisotopic (exact) mass is 332 g/mol. The van der Waals surface area contributed by atoms with Gasteiger partial charge >= 0.3 is 0 Å². The average Bonchev–Trinajstić information content (AvgIpc) is 2.97. The molecule has 126 valence electrons. The van der Waals surface area contributed by atoms with Crippen LogP contribution in [0.5, 0.6) is 5.75 Å². The molecular weight excluding hydrogens is 314 g/mol. The Morgan fingerprint density at radius 2 is 2.04 bits per heavy atom. The summed E-state index contributed by atoms with van der Waals surface area (Å²) in [6.45, 7) is 1.05. The molecule has 2 aromatic carbocycles. The van der Waals surface area contributed by atoms with Crippen LogP contribution < -0.4 is 10.2 Å².